The summed E-state index contributed by atoms with van der Waals surface area (Å²) in [6, 6.07) is 6.26. The van der Waals surface area contributed by atoms with Crippen LogP contribution in [0.3, 0.4) is 0 Å². The van der Waals surface area contributed by atoms with Crippen LogP contribution in [-0.4, -0.2) is 54.0 Å². The molecule has 1 aliphatic heterocycles. The Morgan fingerprint density at radius 1 is 1.33 bits per heavy atom. The van der Waals surface area contributed by atoms with Crippen molar-refractivity contribution >= 4 is 17.2 Å². The molecular weight excluding hydrogens is 322 g/mol. The van der Waals surface area contributed by atoms with E-state index in [1.54, 1.807) is 7.11 Å². The number of likely N-dealkylation sites (tertiary alicyclic amines) is 1. The second-order valence-corrected chi connectivity index (χ2v) is 7.01. The Bertz CT molecular complexity index is 666. The summed E-state index contributed by atoms with van der Waals surface area (Å²) in [4.78, 5) is 21.8. The van der Waals surface area contributed by atoms with Gasteiger partial charge >= 0.3 is 0 Å². The minimum absolute atomic E-state index is 0.0643. The number of hydrogen-bond donors (Lipinski definition) is 0. The van der Waals surface area contributed by atoms with Crippen LogP contribution in [-0.2, 0) is 6.54 Å². The van der Waals surface area contributed by atoms with Crippen LogP contribution in [0.15, 0.2) is 36.0 Å². The van der Waals surface area contributed by atoms with E-state index in [4.69, 9.17) is 4.74 Å². The standard InChI is InChI=1S/C18H23N3O2S/c1-20(18(22)17-16(23-2)7-12-24-17)15-5-10-21(11-6-15)13-14-3-8-19-9-4-14/h3-4,7-9,12,15H,5-6,10-11,13H2,1-2H3. The van der Waals surface area contributed by atoms with Crippen LogP contribution in [0.4, 0.5) is 0 Å². The maximum atomic E-state index is 12.7. The monoisotopic (exact) mass is 345 g/mol. The smallest absolute Gasteiger partial charge is 0.267 e. The van der Waals surface area contributed by atoms with Gasteiger partial charge in [-0.3, -0.25) is 14.7 Å². The molecule has 2 aromatic heterocycles. The largest absolute Gasteiger partial charge is 0.495 e. The zero-order chi connectivity index (χ0) is 16.9. The Kier molecular flexibility index (Phi) is 5.48. The summed E-state index contributed by atoms with van der Waals surface area (Å²) in [6.45, 7) is 2.96. The fourth-order valence-electron chi connectivity index (χ4n) is 3.15. The normalized spacial score (nSPS) is 16.1. The Morgan fingerprint density at radius 2 is 2.04 bits per heavy atom. The number of carbonyl (C=O) groups excluding carboxylic acids is 1. The molecule has 0 spiro atoms. The number of aromatic nitrogens is 1. The van der Waals surface area contributed by atoms with Crippen LogP contribution in [0.2, 0.25) is 0 Å². The van der Waals surface area contributed by atoms with E-state index >= 15 is 0 Å². The van der Waals surface area contributed by atoms with E-state index in [9.17, 15) is 4.79 Å². The molecule has 0 radical (unpaired) electrons. The van der Waals surface area contributed by atoms with Crippen molar-refractivity contribution in [2.45, 2.75) is 25.4 Å². The van der Waals surface area contributed by atoms with Gasteiger partial charge in [-0.15, -0.1) is 11.3 Å². The summed E-state index contributed by atoms with van der Waals surface area (Å²) in [6.07, 6.45) is 5.67. The van der Waals surface area contributed by atoms with Gasteiger partial charge in [0.05, 0.1) is 7.11 Å². The van der Waals surface area contributed by atoms with Crippen molar-refractivity contribution in [2.75, 3.05) is 27.2 Å². The molecule has 0 N–H and O–H groups in total. The zero-order valence-corrected chi connectivity index (χ0v) is 15.0. The first-order chi connectivity index (χ1) is 11.7. The number of amides is 1. The van der Waals surface area contributed by atoms with Gasteiger partial charge in [0.15, 0.2) is 0 Å². The molecule has 1 saturated heterocycles. The summed E-state index contributed by atoms with van der Waals surface area (Å²) in [5.41, 5.74) is 1.29. The van der Waals surface area contributed by atoms with Crippen molar-refractivity contribution in [1.29, 1.82) is 0 Å². The SMILES string of the molecule is COc1ccsc1C(=O)N(C)C1CCN(Cc2ccncc2)CC1. The summed E-state index contributed by atoms with van der Waals surface area (Å²) < 4.78 is 5.28. The van der Waals surface area contributed by atoms with Gasteiger partial charge in [-0.25, -0.2) is 0 Å². The molecular formula is C18H23N3O2S. The average molecular weight is 345 g/mol. The number of hydrogen-bond acceptors (Lipinski definition) is 5. The molecule has 0 atom stereocenters. The lowest BCUT2D eigenvalue weighted by Crippen LogP contribution is -2.45. The predicted octanol–water partition coefficient (Wildman–Crippen LogP) is 2.89. The highest BCUT2D eigenvalue weighted by atomic mass is 32.1. The lowest BCUT2D eigenvalue weighted by Gasteiger charge is -2.36. The molecule has 0 unspecified atom stereocenters. The number of rotatable bonds is 5. The molecule has 6 heteroatoms. The highest BCUT2D eigenvalue weighted by Crippen LogP contribution is 2.27. The van der Waals surface area contributed by atoms with E-state index in [1.807, 2.05) is 35.8 Å². The second-order valence-electron chi connectivity index (χ2n) is 6.10. The third kappa shape index (κ3) is 3.76. The van der Waals surface area contributed by atoms with Gasteiger partial charge in [-0.1, -0.05) is 0 Å². The maximum Gasteiger partial charge on any atom is 0.267 e. The Morgan fingerprint density at radius 3 is 2.71 bits per heavy atom. The van der Waals surface area contributed by atoms with Gasteiger partial charge in [0.1, 0.15) is 10.6 Å². The highest BCUT2D eigenvalue weighted by molar-refractivity contribution is 7.12. The van der Waals surface area contributed by atoms with E-state index in [-0.39, 0.29) is 11.9 Å². The van der Waals surface area contributed by atoms with Gasteiger partial charge in [0, 0.05) is 45.1 Å². The second kappa shape index (κ2) is 7.77. The topological polar surface area (TPSA) is 45.7 Å². The molecule has 1 fully saturated rings. The number of carbonyl (C=O) groups is 1. The van der Waals surface area contributed by atoms with E-state index in [1.165, 1.54) is 16.9 Å². The fraction of sp³-hybridized carbons (Fsp3) is 0.444. The predicted molar refractivity (Wildman–Crippen MR) is 95.5 cm³/mol. The van der Waals surface area contributed by atoms with Gasteiger partial charge in [0.25, 0.3) is 5.91 Å². The van der Waals surface area contributed by atoms with Crippen molar-refractivity contribution < 1.29 is 9.53 Å². The van der Waals surface area contributed by atoms with Crippen molar-refractivity contribution in [3.63, 3.8) is 0 Å². The minimum atomic E-state index is 0.0643. The Hall–Kier alpha value is -1.92. The van der Waals surface area contributed by atoms with Crippen LogP contribution in [0, 0.1) is 0 Å². The first kappa shape index (κ1) is 16.9. The molecule has 3 heterocycles. The molecule has 3 rings (SSSR count). The number of pyridine rings is 1. The van der Waals surface area contributed by atoms with Crippen LogP contribution in [0.1, 0.15) is 28.1 Å². The zero-order valence-electron chi connectivity index (χ0n) is 14.1. The highest BCUT2D eigenvalue weighted by Gasteiger charge is 2.27. The first-order valence-electron chi connectivity index (χ1n) is 8.19. The molecule has 1 amide bonds. The molecule has 1 aliphatic rings. The third-order valence-corrected chi connectivity index (χ3v) is 5.51. The lowest BCUT2D eigenvalue weighted by molar-refractivity contribution is 0.0638. The Balaban J connectivity index is 1.55. The summed E-state index contributed by atoms with van der Waals surface area (Å²) >= 11 is 1.44. The summed E-state index contributed by atoms with van der Waals surface area (Å²) in [7, 11) is 3.51. The molecule has 0 aliphatic carbocycles. The van der Waals surface area contributed by atoms with Crippen molar-refractivity contribution in [1.82, 2.24) is 14.8 Å². The van der Waals surface area contributed by atoms with E-state index in [0.717, 1.165) is 32.5 Å². The van der Waals surface area contributed by atoms with Crippen LogP contribution in [0.25, 0.3) is 0 Å². The minimum Gasteiger partial charge on any atom is -0.495 e. The van der Waals surface area contributed by atoms with Crippen molar-refractivity contribution in [3.8, 4) is 5.75 Å². The molecule has 24 heavy (non-hydrogen) atoms. The summed E-state index contributed by atoms with van der Waals surface area (Å²) in [5, 5.41) is 1.90. The van der Waals surface area contributed by atoms with E-state index < -0.39 is 0 Å². The van der Waals surface area contributed by atoms with Crippen molar-refractivity contribution in [3.05, 3.63) is 46.4 Å². The number of methoxy groups -OCH3 is 1. The van der Waals surface area contributed by atoms with Crippen molar-refractivity contribution in [2.24, 2.45) is 0 Å². The molecule has 0 aromatic carbocycles. The Labute approximate surface area is 146 Å². The van der Waals surface area contributed by atoms with Gasteiger partial charge < -0.3 is 9.64 Å². The van der Waals surface area contributed by atoms with Gasteiger partial charge in [-0.05, 0) is 42.0 Å². The number of ether oxygens (including phenoxy) is 1. The quantitative estimate of drug-likeness (QED) is 0.836. The van der Waals surface area contributed by atoms with Gasteiger partial charge in [-0.2, -0.15) is 0 Å². The van der Waals surface area contributed by atoms with Crippen LogP contribution in [0.5, 0.6) is 5.75 Å². The maximum absolute atomic E-state index is 12.7. The first-order valence-corrected chi connectivity index (χ1v) is 9.07. The molecule has 128 valence electrons. The van der Waals surface area contributed by atoms with Crippen LogP contribution >= 0.6 is 11.3 Å². The lowest BCUT2D eigenvalue weighted by atomic mass is 10.0. The number of nitrogens with zero attached hydrogens (tertiary/aromatic N) is 3. The molecule has 5 nitrogen and oxygen atoms in total. The van der Waals surface area contributed by atoms with E-state index in [0.29, 0.717) is 10.6 Å². The third-order valence-electron chi connectivity index (χ3n) is 4.62. The molecule has 0 saturated carbocycles. The van der Waals surface area contributed by atoms with E-state index in [2.05, 4.69) is 22.0 Å². The fourth-order valence-corrected chi connectivity index (χ4v) is 3.99. The van der Waals surface area contributed by atoms with Crippen LogP contribution < -0.4 is 4.74 Å². The molecule has 2 aromatic rings. The van der Waals surface area contributed by atoms with Gasteiger partial charge in [0.2, 0.25) is 0 Å². The summed E-state index contributed by atoms with van der Waals surface area (Å²) in [5.74, 6) is 0.737. The number of thiophene rings is 1. The number of piperidine rings is 1. The molecule has 0 bridgehead atoms. The average Bonchev–Trinajstić information content (AvgIpc) is 3.11.